The van der Waals surface area contributed by atoms with Crippen LogP contribution in [0.15, 0.2) is 0 Å². The molecule has 1 heterocycles. The summed E-state index contributed by atoms with van der Waals surface area (Å²) in [5, 5.41) is 4.84. The zero-order valence-electron chi connectivity index (χ0n) is 10.6. The Bertz CT molecular complexity index is 331. The fraction of sp³-hybridized carbons (Fsp3) is 0.769. The summed E-state index contributed by atoms with van der Waals surface area (Å²) in [6, 6.07) is 0. The van der Waals surface area contributed by atoms with Gasteiger partial charge in [0.25, 0.3) is 0 Å². The number of aromatic nitrogens is 1. The van der Waals surface area contributed by atoms with E-state index in [1.54, 1.807) is 4.88 Å². The fourth-order valence-electron chi connectivity index (χ4n) is 2.67. The highest BCUT2D eigenvalue weighted by Crippen LogP contribution is 2.37. The third-order valence-electron chi connectivity index (χ3n) is 3.76. The molecule has 16 heavy (non-hydrogen) atoms. The van der Waals surface area contributed by atoms with Crippen LogP contribution in [0.1, 0.15) is 55.1 Å². The van der Waals surface area contributed by atoms with Crippen LogP contribution in [0.3, 0.4) is 0 Å². The SMILES string of the molecule is CCCC(CC)(NC)c1nc2c(s1)CCC2. The number of fused-ring (bicyclic) bond motifs is 1. The number of rotatable bonds is 5. The van der Waals surface area contributed by atoms with Gasteiger partial charge in [-0.05, 0) is 39.2 Å². The van der Waals surface area contributed by atoms with Crippen molar-refractivity contribution in [3.8, 4) is 0 Å². The predicted molar refractivity (Wildman–Crippen MR) is 70.1 cm³/mol. The fourth-order valence-corrected chi connectivity index (χ4v) is 4.11. The van der Waals surface area contributed by atoms with Gasteiger partial charge in [0, 0.05) is 4.88 Å². The average Bonchev–Trinajstić information content (AvgIpc) is 2.86. The number of hydrogen-bond acceptors (Lipinski definition) is 3. The molecule has 0 aliphatic heterocycles. The van der Waals surface area contributed by atoms with Crippen molar-refractivity contribution in [2.24, 2.45) is 0 Å². The van der Waals surface area contributed by atoms with E-state index in [0.717, 1.165) is 6.42 Å². The first-order chi connectivity index (χ1) is 7.75. The van der Waals surface area contributed by atoms with Gasteiger partial charge in [-0.3, -0.25) is 0 Å². The maximum atomic E-state index is 4.88. The normalized spacial score (nSPS) is 18.4. The smallest absolute Gasteiger partial charge is 0.113 e. The zero-order chi connectivity index (χ0) is 11.6. The molecule has 1 atom stereocenters. The lowest BCUT2D eigenvalue weighted by Gasteiger charge is -2.30. The summed E-state index contributed by atoms with van der Waals surface area (Å²) in [6.45, 7) is 4.52. The Labute approximate surface area is 102 Å². The van der Waals surface area contributed by atoms with Crippen LogP contribution in [0.25, 0.3) is 0 Å². The Balaban J connectivity index is 2.31. The summed E-state index contributed by atoms with van der Waals surface area (Å²) >= 11 is 1.94. The van der Waals surface area contributed by atoms with Crippen LogP contribution >= 0.6 is 11.3 Å². The van der Waals surface area contributed by atoms with E-state index >= 15 is 0 Å². The van der Waals surface area contributed by atoms with Crippen LogP contribution in [0, 0.1) is 0 Å². The van der Waals surface area contributed by atoms with Gasteiger partial charge in [0.1, 0.15) is 5.01 Å². The first-order valence-electron chi connectivity index (χ1n) is 6.43. The second-order valence-electron chi connectivity index (χ2n) is 4.68. The van der Waals surface area contributed by atoms with Crippen molar-refractivity contribution in [3.05, 3.63) is 15.6 Å². The number of thiazole rings is 1. The van der Waals surface area contributed by atoms with Crippen molar-refractivity contribution in [3.63, 3.8) is 0 Å². The highest BCUT2D eigenvalue weighted by molar-refractivity contribution is 7.12. The quantitative estimate of drug-likeness (QED) is 0.851. The predicted octanol–water partition coefficient (Wildman–Crippen LogP) is 3.26. The largest absolute Gasteiger partial charge is 0.308 e. The second kappa shape index (κ2) is 4.84. The van der Waals surface area contributed by atoms with Crippen LogP contribution in [0.5, 0.6) is 0 Å². The van der Waals surface area contributed by atoms with Gasteiger partial charge in [-0.2, -0.15) is 0 Å². The first kappa shape index (κ1) is 12.1. The number of nitrogens with zero attached hydrogens (tertiary/aromatic N) is 1. The van der Waals surface area contributed by atoms with Gasteiger partial charge < -0.3 is 5.32 Å². The molecule has 0 saturated carbocycles. The van der Waals surface area contributed by atoms with Gasteiger partial charge in [-0.1, -0.05) is 20.3 Å². The molecule has 2 nitrogen and oxygen atoms in total. The maximum absolute atomic E-state index is 4.88. The van der Waals surface area contributed by atoms with Crippen molar-refractivity contribution < 1.29 is 0 Å². The minimum atomic E-state index is 0.129. The maximum Gasteiger partial charge on any atom is 0.113 e. The molecule has 0 spiro atoms. The molecule has 2 rings (SSSR count). The molecule has 90 valence electrons. The zero-order valence-corrected chi connectivity index (χ0v) is 11.4. The van der Waals surface area contributed by atoms with Crippen LogP contribution in [-0.4, -0.2) is 12.0 Å². The highest BCUT2D eigenvalue weighted by Gasteiger charge is 2.32. The van der Waals surface area contributed by atoms with Crippen molar-refractivity contribution in [2.75, 3.05) is 7.05 Å². The standard InChI is InChI=1S/C13H22N2S/c1-4-9-13(5-2,14-3)12-15-10-7-6-8-11(10)16-12/h14H,4-9H2,1-3H3. The van der Waals surface area contributed by atoms with Gasteiger partial charge in [-0.25, -0.2) is 4.98 Å². The molecule has 0 radical (unpaired) electrons. The third kappa shape index (κ3) is 1.91. The van der Waals surface area contributed by atoms with E-state index in [2.05, 4.69) is 26.2 Å². The van der Waals surface area contributed by atoms with Gasteiger partial charge in [-0.15, -0.1) is 11.3 Å². The molecule has 1 aromatic rings. The Morgan fingerprint density at radius 2 is 2.19 bits per heavy atom. The van der Waals surface area contributed by atoms with Gasteiger partial charge in [0.15, 0.2) is 0 Å². The van der Waals surface area contributed by atoms with Crippen molar-refractivity contribution >= 4 is 11.3 Å². The first-order valence-corrected chi connectivity index (χ1v) is 7.25. The minimum Gasteiger partial charge on any atom is -0.308 e. The summed E-state index contributed by atoms with van der Waals surface area (Å²) < 4.78 is 0. The summed E-state index contributed by atoms with van der Waals surface area (Å²) in [6.07, 6.45) is 7.28. The van der Waals surface area contributed by atoms with Crippen LogP contribution in [0.2, 0.25) is 0 Å². The molecule has 0 bridgehead atoms. The second-order valence-corrected chi connectivity index (χ2v) is 5.76. The molecular weight excluding hydrogens is 216 g/mol. The Morgan fingerprint density at radius 3 is 2.75 bits per heavy atom. The van der Waals surface area contributed by atoms with E-state index in [1.807, 2.05) is 11.3 Å². The van der Waals surface area contributed by atoms with Crippen molar-refractivity contribution in [2.45, 2.75) is 57.9 Å². The summed E-state index contributed by atoms with van der Waals surface area (Å²) in [5.41, 5.74) is 1.51. The number of hydrogen-bond donors (Lipinski definition) is 1. The summed E-state index contributed by atoms with van der Waals surface area (Å²) in [7, 11) is 2.08. The molecule has 0 saturated heterocycles. The van der Waals surface area contributed by atoms with Crippen molar-refractivity contribution in [1.82, 2.24) is 10.3 Å². The van der Waals surface area contributed by atoms with Crippen LogP contribution in [-0.2, 0) is 18.4 Å². The van der Waals surface area contributed by atoms with Crippen LogP contribution in [0.4, 0.5) is 0 Å². The average molecular weight is 238 g/mol. The van der Waals surface area contributed by atoms with Gasteiger partial charge >= 0.3 is 0 Å². The topological polar surface area (TPSA) is 24.9 Å². The monoisotopic (exact) mass is 238 g/mol. The Morgan fingerprint density at radius 1 is 1.38 bits per heavy atom. The molecule has 1 aliphatic carbocycles. The highest BCUT2D eigenvalue weighted by atomic mass is 32.1. The van der Waals surface area contributed by atoms with Gasteiger partial charge in [0.2, 0.25) is 0 Å². The van der Waals surface area contributed by atoms with Crippen molar-refractivity contribution in [1.29, 1.82) is 0 Å². The molecule has 1 N–H and O–H groups in total. The molecule has 0 amide bonds. The minimum absolute atomic E-state index is 0.129. The summed E-state index contributed by atoms with van der Waals surface area (Å²) in [5.74, 6) is 0. The molecule has 0 fully saturated rings. The summed E-state index contributed by atoms with van der Waals surface area (Å²) in [4.78, 5) is 6.42. The number of aryl methyl sites for hydroxylation is 2. The third-order valence-corrected chi connectivity index (χ3v) is 5.13. The molecule has 1 aromatic heterocycles. The van der Waals surface area contributed by atoms with E-state index in [0.29, 0.717) is 0 Å². The lowest BCUT2D eigenvalue weighted by molar-refractivity contribution is 0.316. The Hall–Kier alpha value is -0.410. The Kier molecular flexibility index (Phi) is 3.65. The van der Waals surface area contributed by atoms with E-state index in [9.17, 15) is 0 Å². The van der Waals surface area contributed by atoms with E-state index in [1.165, 1.54) is 42.8 Å². The van der Waals surface area contributed by atoms with Crippen LogP contribution < -0.4 is 5.32 Å². The lowest BCUT2D eigenvalue weighted by atomic mass is 9.91. The number of nitrogens with one attached hydrogen (secondary N) is 1. The molecular formula is C13H22N2S. The lowest BCUT2D eigenvalue weighted by Crippen LogP contribution is -2.39. The van der Waals surface area contributed by atoms with Gasteiger partial charge in [0.05, 0.1) is 11.2 Å². The molecule has 3 heteroatoms. The van der Waals surface area contributed by atoms with E-state index in [4.69, 9.17) is 4.98 Å². The molecule has 1 aliphatic rings. The molecule has 1 unspecified atom stereocenters. The molecule has 0 aromatic carbocycles. The van der Waals surface area contributed by atoms with E-state index < -0.39 is 0 Å². The van der Waals surface area contributed by atoms with E-state index in [-0.39, 0.29) is 5.54 Å².